The van der Waals surface area contributed by atoms with Crippen molar-refractivity contribution in [1.29, 1.82) is 0 Å². The van der Waals surface area contributed by atoms with Gasteiger partial charge in [-0.05, 0) is 102 Å². The molecule has 0 fully saturated rings. The zero-order valence-corrected chi connectivity index (χ0v) is 30.4. The number of rotatable bonds is 6. The number of hydrogen-bond donors (Lipinski definition) is 0. The molecule has 11 rings (SSSR count). The van der Waals surface area contributed by atoms with E-state index in [9.17, 15) is 0 Å². The van der Waals surface area contributed by atoms with Crippen LogP contribution in [0.5, 0.6) is 11.5 Å². The molecule has 8 aromatic carbocycles. The fraction of sp³-hybridized carbons (Fsp3) is 0.0189. The van der Waals surface area contributed by atoms with Crippen molar-refractivity contribution in [2.45, 2.75) is 5.41 Å². The highest BCUT2D eigenvalue weighted by Gasteiger charge is 2.51. The molecule has 1 aromatic heterocycles. The fourth-order valence-corrected chi connectivity index (χ4v) is 9.06. The molecule has 0 atom stereocenters. The third kappa shape index (κ3) is 4.98. The van der Waals surface area contributed by atoms with Gasteiger partial charge in [0.15, 0.2) is 5.75 Å². The van der Waals surface area contributed by atoms with Crippen LogP contribution in [0.2, 0.25) is 0 Å². The quantitative estimate of drug-likeness (QED) is 0.172. The van der Waals surface area contributed by atoms with Crippen LogP contribution in [-0.2, 0) is 5.41 Å². The molecule has 0 aliphatic heterocycles. The first-order valence-corrected chi connectivity index (χ1v) is 19.0. The summed E-state index contributed by atoms with van der Waals surface area (Å²) in [5.74, 6) is 1.33. The van der Waals surface area contributed by atoms with Crippen LogP contribution in [0.1, 0.15) is 22.3 Å². The number of fused-ring (bicyclic) bond motifs is 10. The van der Waals surface area contributed by atoms with Crippen molar-refractivity contribution in [2.24, 2.45) is 0 Å². The summed E-state index contributed by atoms with van der Waals surface area (Å²) in [6.07, 6.45) is 3.33. The van der Waals surface area contributed by atoms with Gasteiger partial charge in [0.05, 0.1) is 11.6 Å². The average molecular weight is 715 g/mol. The van der Waals surface area contributed by atoms with Crippen molar-refractivity contribution in [3.05, 3.63) is 229 Å². The lowest BCUT2D eigenvalue weighted by Crippen LogP contribution is -2.25. The van der Waals surface area contributed by atoms with E-state index >= 15 is 0 Å². The van der Waals surface area contributed by atoms with Crippen molar-refractivity contribution >= 4 is 0 Å². The third-order valence-corrected chi connectivity index (χ3v) is 11.6. The molecule has 0 unspecified atom stereocenters. The Morgan fingerprint density at radius 2 is 0.821 bits per heavy atom. The third-order valence-electron chi connectivity index (χ3n) is 11.6. The standard InChI is InChI=1S/C53H34N2O/c1-2-11-35(12-3-1)36-21-23-37(24-22-36)38-25-28-42(29-26-38)56-51-33-54-34-55-52(51)41-14-10-13-39(31-41)40-27-30-50-46(32-40)45-17-6-9-20-49(45)53(50)47-18-7-4-15-43(47)44-16-5-8-19-48(44)53/h1-34H. The Morgan fingerprint density at radius 1 is 0.357 bits per heavy atom. The zero-order chi connectivity index (χ0) is 37.1. The number of ether oxygens (including phenoxy) is 1. The van der Waals surface area contributed by atoms with Crippen LogP contribution < -0.4 is 4.74 Å². The smallest absolute Gasteiger partial charge is 0.171 e. The predicted octanol–water partition coefficient (Wildman–Crippen LogP) is 13.3. The van der Waals surface area contributed by atoms with Gasteiger partial charge in [-0.15, -0.1) is 0 Å². The number of aromatic nitrogens is 2. The summed E-state index contributed by atoms with van der Waals surface area (Å²) in [5.41, 5.74) is 18.9. The Kier molecular flexibility index (Phi) is 7.39. The summed E-state index contributed by atoms with van der Waals surface area (Å²) in [4.78, 5) is 9.06. The van der Waals surface area contributed by atoms with Gasteiger partial charge in [-0.3, -0.25) is 0 Å². The average Bonchev–Trinajstić information content (AvgIpc) is 3.74. The first kappa shape index (κ1) is 32.1. The minimum atomic E-state index is -0.349. The Bertz CT molecular complexity index is 2890. The van der Waals surface area contributed by atoms with Gasteiger partial charge >= 0.3 is 0 Å². The summed E-state index contributed by atoms with van der Waals surface area (Å²) < 4.78 is 6.46. The molecule has 3 heteroatoms. The maximum Gasteiger partial charge on any atom is 0.171 e. The van der Waals surface area contributed by atoms with Gasteiger partial charge in [0.1, 0.15) is 17.8 Å². The summed E-state index contributed by atoms with van der Waals surface area (Å²) >= 11 is 0. The molecule has 1 heterocycles. The number of nitrogens with zero attached hydrogens (tertiary/aromatic N) is 2. The van der Waals surface area contributed by atoms with E-state index in [4.69, 9.17) is 9.72 Å². The second-order valence-corrected chi connectivity index (χ2v) is 14.5. The second-order valence-electron chi connectivity index (χ2n) is 14.5. The second kappa shape index (κ2) is 12.9. The van der Waals surface area contributed by atoms with Crippen LogP contribution in [0.4, 0.5) is 0 Å². The lowest BCUT2D eigenvalue weighted by molar-refractivity contribution is 0.479. The monoisotopic (exact) mass is 714 g/mol. The highest BCUT2D eigenvalue weighted by Crippen LogP contribution is 2.63. The number of hydrogen-bond acceptors (Lipinski definition) is 3. The normalized spacial score (nSPS) is 12.8. The molecule has 0 saturated heterocycles. The van der Waals surface area contributed by atoms with E-state index in [0.717, 1.165) is 39.3 Å². The molecular formula is C53H34N2O. The summed E-state index contributed by atoms with van der Waals surface area (Å²) in [6, 6.07) is 69.7. The lowest BCUT2D eigenvalue weighted by Gasteiger charge is -2.30. The molecule has 0 saturated carbocycles. The van der Waals surface area contributed by atoms with Crippen molar-refractivity contribution in [1.82, 2.24) is 9.97 Å². The Morgan fingerprint density at radius 3 is 1.46 bits per heavy atom. The molecule has 56 heavy (non-hydrogen) atoms. The SMILES string of the molecule is c1ccc(-c2ccc(-c3ccc(Oc4cncnc4-c4cccc(-c5ccc6c(c5)-c5ccccc5C65c6ccccc6-c6ccccc65)c4)cc3)cc2)cc1. The maximum atomic E-state index is 6.46. The minimum absolute atomic E-state index is 0.349. The van der Waals surface area contributed by atoms with Crippen LogP contribution in [0.15, 0.2) is 207 Å². The van der Waals surface area contributed by atoms with E-state index in [1.807, 2.05) is 18.2 Å². The van der Waals surface area contributed by atoms with Crippen molar-refractivity contribution in [3.8, 4) is 78.4 Å². The van der Waals surface area contributed by atoms with Gasteiger partial charge in [0, 0.05) is 5.56 Å². The fourth-order valence-electron chi connectivity index (χ4n) is 9.06. The molecule has 3 nitrogen and oxygen atoms in total. The van der Waals surface area contributed by atoms with Crippen molar-refractivity contribution in [2.75, 3.05) is 0 Å². The molecule has 0 N–H and O–H groups in total. The first-order valence-electron chi connectivity index (χ1n) is 19.0. The van der Waals surface area contributed by atoms with Gasteiger partial charge in [0.2, 0.25) is 0 Å². The molecule has 262 valence electrons. The molecule has 1 spiro atoms. The van der Waals surface area contributed by atoms with Gasteiger partial charge in [-0.2, -0.15) is 0 Å². The Hall–Kier alpha value is -7.36. The highest BCUT2D eigenvalue weighted by atomic mass is 16.5. The highest BCUT2D eigenvalue weighted by molar-refractivity contribution is 5.96. The molecule has 2 aliphatic rings. The van der Waals surface area contributed by atoms with Crippen LogP contribution in [0, 0.1) is 0 Å². The van der Waals surface area contributed by atoms with Gasteiger partial charge in [-0.25, -0.2) is 9.97 Å². The minimum Gasteiger partial charge on any atom is -0.453 e. The topological polar surface area (TPSA) is 35.0 Å². The summed E-state index contributed by atoms with van der Waals surface area (Å²) in [5, 5.41) is 0. The summed E-state index contributed by atoms with van der Waals surface area (Å²) in [7, 11) is 0. The summed E-state index contributed by atoms with van der Waals surface area (Å²) in [6.45, 7) is 0. The van der Waals surface area contributed by atoms with E-state index in [0.29, 0.717) is 5.75 Å². The zero-order valence-electron chi connectivity index (χ0n) is 30.4. The van der Waals surface area contributed by atoms with Crippen LogP contribution in [-0.4, -0.2) is 9.97 Å². The van der Waals surface area contributed by atoms with E-state index in [2.05, 4.69) is 181 Å². The van der Waals surface area contributed by atoms with Gasteiger partial charge in [-0.1, -0.05) is 170 Å². The largest absolute Gasteiger partial charge is 0.453 e. The van der Waals surface area contributed by atoms with E-state index < -0.39 is 0 Å². The van der Waals surface area contributed by atoms with Gasteiger partial charge < -0.3 is 4.74 Å². The van der Waals surface area contributed by atoms with E-state index in [1.54, 1.807) is 12.5 Å². The molecule has 0 radical (unpaired) electrons. The molecule has 0 amide bonds. The van der Waals surface area contributed by atoms with E-state index in [1.165, 1.54) is 55.6 Å². The van der Waals surface area contributed by atoms with Crippen LogP contribution >= 0.6 is 0 Å². The lowest BCUT2D eigenvalue weighted by atomic mass is 9.70. The predicted molar refractivity (Wildman–Crippen MR) is 227 cm³/mol. The number of benzene rings is 8. The van der Waals surface area contributed by atoms with Crippen LogP contribution in [0.3, 0.4) is 0 Å². The van der Waals surface area contributed by atoms with Crippen molar-refractivity contribution < 1.29 is 4.74 Å². The van der Waals surface area contributed by atoms with E-state index in [-0.39, 0.29) is 5.41 Å². The van der Waals surface area contributed by atoms with Crippen molar-refractivity contribution in [3.63, 3.8) is 0 Å². The van der Waals surface area contributed by atoms with Crippen LogP contribution in [0.25, 0.3) is 66.9 Å². The molecular weight excluding hydrogens is 681 g/mol. The Labute approximate surface area is 326 Å². The first-order chi connectivity index (χ1) is 27.8. The Balaban J connectivity index is 0.916. The molecule has 2 aliphatic carbocycles. The molecule has 0 bridgehead atoms. The van der Waals surface area contributed by atoms with Gasteiger partial charge in [0.25, 0.3) is 0 Å². The molecule has 9 aromatic rings. The maximum absolute atomic E-state index is 6.46.